The van der Waals surface area contributed by atoms with E-state index in [4.69, 9.17) is 4.74 Å². The Balaban J connectivity index is 1.86. The zero-order valence-corrected chi connectivity index (χ0v) is 17.4. The van der Waals surface area contributed by atoms with Gasteiger partial charge < -0.3 is 10.1 Å². The van der Waals surface area contributed by atoms with E-state index in [2.05, 4.69) is 10.3 Å². The Morgan fingerprint density at radius 3 is 2.24 bits per heavy atom. The molecule has 0 aliphatic carbocycles. The van der Waals surface area contributed by atoms with Crippen molar-refractivity contribution in [1.29, 1.82) is 0 Å². The molecule has 0 unspecified atom stereocenters. The van der Waals surface area contributed by atoms with Crippen LogP contribution in [0.25, 0.3) is 0 Å². The summed E-state index contributed by atoms with van der Waals surface area (Å²) in [6, 6.07) is 7.39. The summed E-state index contributed by atoms with van der Waals surface area (Å²) in [7, 11) is 0. The number of halogens is 6. The summed E-state index contributed by atoms with van der Waals surface area (Å²) in [5.74, 6) is -0.887. The molecule has 0 saturated heterocycles. The van der Waals surface area contributed by atoms with Crippen LogP contribution in [-0.2, 0) is 6.18 Å². The fraction of sp³-hybridized carbons (Fsp3) is 0.217. The number of aryl methyl sites for hydroxylation is 2. The first-order valence-corrected chi connectivity index (χ1v) is 9.65. The molecule has 0 saturated carbocycles. The lowest BCUT2D eigenvalue weighted by atomic mass is 10.0. The number of hydrogen-bond acceptors (Lipinski definition) is 3. The first-order chi connectivity index (χ1) is 15.4. The molecule has 2 aromatic rings. The highest BCUT2D eigenvalue weighted by Gasteiger charge is 2.35. The average molecular weight is 468 g/mol. The molecule has 33 heavy (non-hydrogen) atoms. The van der Waals surface area contributed by atoms with Gasteiger partial charge in [0.05, 0.1) is 11.3 Å². The van der Waals surface area contributed by atoms with Gasteiger partial charge in [0.25, 0.3) is 5.91 Å². The van der Waals surface area contributed by atoms with Gasteiger partial charge >= 0.3 is 12.4 Å². The molecule has 2 aromatic carbocycles. The number of allylic oxidation sites excluding steroid dienone is 3. The SMILES string of the molecule is Cc1cc(OC2=CCC=CC(C(F)(F)F)=N2)cc(C)c1C(=O)Nc1ccccc1C(F)(F)F. The van der Waals surface area contributed by atoms with Gasteiger partial charge in [0.2, 0.25) is 5.88 Å². The summed E-state index contributed by atoms with van der Waals surface area (Å²) in [5.41, 5.74) is -1.65. The summed E-state index contributed by atoms with van der Waals surface area (Å²) >= 11 is 0. The Bertz CT molecular complexity index is 1140. The van der Waals surface area contributed by atoms with Crippen molar-refractivity contribution in [2.45, 2.75) is 32.6 Å². The first-order valence-electron chi connectivity index (χ1n) is 9.65. The molecule has 174 valence electrons. The van der Waals surface area contributed by atoms with Crippen molar-refractivity contribution in [2.75, 3.05) is 5.32 Å². The molecule has 0 radical (unpaired) electrons. The minimum absolute atomic E-state index is 0.121. The Morgan fingerprint density at radius 2 is 1.64 bits per heavy atom. The zero-order valence-electron chi connectivity index (χ0n) is 17.4. The van der Waals surface area contributed by atoms with E-state index in [0.29, 0.717) is 11.1 Å². The number of amides is 1. The standard InChI is InChI=1S/C23H18F6N2O2/c1-13-11-15(33-19-10-6-5-9-18(31-19)23(27,28)29)12-14(2)20(13)21(32)30-17-8-4-3-7-16(17)22(24,25)26/h3-5,7-12H,6H2,1-2H3,(H,30,32). The van der Waals surface area contributed by atoms with Crippen LogP contribution in [0.3, 0.4) is 0 Å². The summed E-state index contributed by atoms with van der Waals surface area (Å²) < 4.78 is 84.1. The molecule has 3 rings (SSSR count). The van der Waals surface area contributed by atoms with Gasteiger partial charge in [-0.2, -0.15) is 26.3 Å². The molecule has 0 bridgehead atoms. The van der Waals surface area contributed by atoms with E-state index in [1.54, 1.807) is 0 Å². The number of carbonyl (C=O) groups excluding carboxylic acids is 1. The van der Waals surface area contributed by atoms with E-state index in [0.717, 1.165) is 18.2 Å². The van der Waals surface area contributed by atoms with Crippen LogP contribution in [0.4, 0.5) is 32.0 Å². The number of nitrogens with zero attached hydrogens (tertiary/aromatic N) is 1. The highest BCUT2D eigenvalue weighted by molar-refractivity contribution is 6.06. The number of para-hydroxylation sites is 1. The fourth-order valence-corrected chi connectivity index (χ4v) is 3.26. The average Bonchev–Trinajstić information content (AvgIpc) is 2.92. The Hall–Kier alpha value is -3.56. The van der Waals surface area contributed by atoms with Gasteiger partial charge in [-0.05, 0) is 67.8 Å². The van der Waals surface area contributed by atoms with Crippen LogP contribution in [0.5, 0.6) is 5.75 Å². The number of nitrogens with one attached hydrogen (secondary N) is 1. The molecule has 4 nitrogen and oxygen atoms in total. The number of alkyl halides is 6. The maximum atomic E-state index is 13.2. The molecule has 0 spiro atoms. The number of rotatable bonds is 4. The van der Waals surface area contributed by atoms with Crippen LogP contribution < -0.4 is 10.1 Å². The number of ether oxygens (including phenoxy) is 1. The number of hydrogen-bond donors (Lipinski definition) is 1. The lowest BCUT2D eigenvalue weighted by Gasteiger charge is -2.16. The Morgan fingerprint density at radius 1 is 1.00 bits per heavy atom. The second kappa shape index (κ2) is 9.13. The van der Waals surface area contributed by atoms with Crippen molar-refractivity contribution in [1.82, 2.24) is 0 Å². The van der Waals surface area contributed by atoms with Crippen LogP contribution in [-0.4, -0.2) is 17.8 Å². The van der Waals surface area contributed by atoms with Gasteiger partial charge in [-0.1, -0.05) is 18.2 Å². The molecule has 0 atom stereocenters. The van der Waals surface area contributed by atoms with E-state index in [1.807, 2.05) is 0 Å². The first kappa shape index (κ1) is 24.1. The minimum atomic E-state index is -4.65. The van der Waals surface area contributed by atoms with Crippen LogP contribution in [0, 0.1) is 13.8 Å². The van der Waals surface area contributed by atoms with Crippen molar-refractivity contribution in [2.24, 2.45) is 4.99 Å². The number of carbonyl (C=O) groups is 1. The molecule has 0 fully saturated rings. The third kappa shape index (κ3) is 5.82. The fourth-order valence-electron chi connectivity index (χ4n) is 3.26. The van der Waals surface area contributed by atoms with Crippen molar-refractivity contribution < 1.29 is 35.9 Å². The highest BCUT2D eigenvalue weighted by atomic mass is 19.4. The molecule has 1 aliphatic heterocycles. The maximum Gasteiger partial charge on any atom is 0.433 e. The highest BCUT2D eigenvalue weighted by Crippen LogP contribution is 2.35. The quantitative estimate of drug-likeness (QED) is 0.504. The molecule has 0 aromatic heterocycles. The Labute approximate surface area is 185 Å². The molecular formula is C23H18F6N2O2. The largest absolute Gasteiger partial charge is 0.439 e. The number of aliphatic imine (C=N–C) groups is 1. The number of benzene rings is 2. The van der Waals surface area contributed by atoms with Gasteiger partial charge in [0.15, 0.2) is 0 Å². The predicted molar refractivity (Wildman–Crippen MR) is 111 cm³/mol. The van der Waals surface area contributed by atoms with E-state index in [1.165, 1.54) is 50.3 Å². The smallest absolute Gasteiger partial charge is 0.433 e. The second-order valence-electron chi connectivity index (χ2n) is 7.21. The van der Waals surface area contributed by atoms with Crippen LogP contribution in [0.15, 0.2) is 65.5 Å². The summed E-state index contributed by atoms with van der Waals surface area (Å²) in [4.78, 5) is 16.3. The van der Waals surface area contributed by atoms with Gasteiger partial charge in [-0.15, -0.1) is 0 Å². The van der Waals surface area contributed by atoms with Crippen molar-refractivity contribution in [3.05, 3.63) is 82.8 Å². The molecule has 1 aliphatic rings. The van der Waals surface area contributed by atoms with Crippen molar-refractivity contribution >= 4 is 17.3 Å². The molecule has 1 N–H and O–H groups in total. The Kier molecular flexibility index (Phi) is 6.66. The number of anilines is 1. The molecule has 1 amide bonds. The second-order valence-corrected chi connectivity index (χ2v) is 7.21. The lowest BCUT2D eigenvalue weighted by Crippen LogP contribution is -2.21. The normalized spacial score (nSPS) is 14.3. The minimum Gasteiger partial charge on any atom is -0.439 e. The predicted octanol–water partition coefficient (Wildman–Crippen LogP) is 6.76. The third-order valence-corrected chi connectivity index (χ3v) is 4.66. The monoisotopic (exact) mass is 468 g/mol. The molecular weight excluding hydrogens is 450 g/mol. The van der Waals surface area contributed by atoms with E-state index < -0.39 is 29.5 Å². The zero-order chi connectivity index (χ0) is 24.4. The van der Waals surface area contributed by atoms with Gasteiger partial charge in [0, 0.05) is 5.56 Å². The van der Waals surface area contributed by atoms with Crippen molar-refractivity contribution in [3.8, 4) is 5.75 Å². The van der Waals surface area contributed by atoms with Crippen molar-refractivity contribution in [3.63, 3.8) is 0 Å². The van der Waals surface area contributed by atoms with Gasteiger partial charge in [-0.3, -0.25) is 4.79 Å². The summed E-state index contributed by atoms with van der Waals surface area (Å²) in [5, 5.41) is 2.28. The summed E-state index contributed by atoms with van der Waals surface area (Å²) in [6.45, 7) is 3.08. The van der Waals surface area contributed by atoms with E-state index in [9.17, 15) is 31.1 Å². The third-order valence-electron chi connectivity index (χ3n) is 4.66. The molecule has 1 heterocycles. The van der Waals surface area contributed by atoms with Crippen LogP contribution >= 0.6 is 0 Å². The van der Waals surface area contributed by atoms with E-state index >= 15 is 0 Å². The van der Waals surface area contributed by atoms with Gasteiger partial charge in [0.1, 0.15) is 11.5 Å². The van der Waals surface area contributed by atoms with Crippen LogP contribution in [0.2, 0.25) is 0 Å². The maximum absolute atomic E-state index is 13.2. The van der Waals surface area contributed by atoms with E-state index in [-0.39, 0.29) is 29.3 Å². The summed E-state index contributed by atoms with van der Waals surface area (Å²) in [6.07, 6.45) is -5.60. The lowest BCUT2D eigenvalue weighted by molar-refractivity contribution is -0.136. The topological polar surface area (TPSA) is 50.7 Å². The van der Waals surface area contributed by atoms with Gasteiger partial charge in [-0.25, -0.2) is 4.99 Å². The molecule has 10 heteroatoms. The van der Waals surface area contributed by atoms with Crippen LogP contribution in [0.1, 0.15) is 33.5 Å².